The van der Waals surface area contributed by atoms with Gasteiger partial charge in [0.05, 0.1) is 23.4 Å². The van der Waals surface area contributed by atoms with E-state index in [1.54, 1.807) is 31.2 Å². The van der Waals surface area contributed by atoms with Crippen LogP contribution in [0.5, 0.6) is 5.75 Å². The fraction of sp³-hybridized carbons (Fsp3) is 0.214. The Labute approximate surface area is 212 Å². The number of nitrogens with zero attached hydrogens (tertiary/aromatic N) is 3. The molecule has 182 valence electrons. The highest BCUT2D eigenvalue weighted by Crippen LogP contribution is 2.36. The number of ketones is 1. The van der Waals surface area contributed by atoms with Gasteiger partial charge in [-0.3, -0.25) is 19.0 Å². The molecule has 2 aromatic carbocycles. The maximum absolute atomic E-state index is 13.7. The zero-order valence-corrected chi connectivity index (χ0v) is 21.1. The van der Waals surface area contributed by atoms with E-state index in [9.17, 15) is 14.4 Å². The van der Waals surface area contributed by atoms with Crippen LogP contribution in [0.2, 0.25) is 0 Å². The van der Waals surface area contributed by atoms with E-state index in [-0.39, 0.29) is 23.9 Å². The Balaban J connectivity index is 1.56. The number of hydrogen-bond donors (Lipinski definition) is 0. The van der Waals surface area contributed by atoms with Crippen molar-refractivity contribution in [2.45, 2.75) is 26.8 Å². The second kappa shape index (κ2) is 9.20. The Hall–Kier alpha value is -4.04. The molecule has 36 heavy (non-hydrogen) atoms. The van der Waals surface area contributed by atoms with Gasteiger partial charge in [0.1, 0.15) is 10.6 Å². The van der Waals surface area contributed by atoms with E-state index >= 15 is 0 Å². The van der Waals surface area contributed by atoms with Gasteiger partial charge in [0, 0.05) is 22.5 Å². The molecule has 0 fully saturated rings. The quantitative estimate of drug-likeness (QED) is 0.272. The number of fused-ring (bicyclic) bond motifs is 2. The maximum atomic E-state index is 13.7. The molecule has 8 heteroatoms. The molecular formula is C28H25N3O4S. The van der Waals surface area contributed by atoms with Gasteiger partial charge < -0.3 is 9.64 Å². The second-order valence-corrected chi connectivity index (χ2v) is 10.0. The third kappa shape index (κ3) is 3.93. The molecule has 1 atom stereocenters. The molecule has 3 heterocycles. The highest BCUT2D eigenvalue weighted by Gasteiger charge is 2.28. The molecule has 0 aliphatic carbocycles. The number of carbonyl (C=O) groups is 2. The van der Waals surface area contributed by atoms with Crippen molar-refractivity contribution in [3.8, 4) is 16.9 Å². The number of rotatable bonds is 6. The third-order valence-corrected chi connectivity index (χ3v) is 7.46. The van der Waals surface area contributed by atoms with Gasteiger partial charge in [-0.15, -0.1) is 17.9 Å². The smallest absolute Gasteiger partial charge is 0.265 e. The minimum Gasteiger partial charge on any atom is -0.482 e. The summed E-state index contributed by atoms with van der Waals surface area (Å²) in [4.78, 5) is 47.2. The Morgan fingerprint density at radius 2 is 1.94 bits per heavy atom. The number of carbonyl (C=O) groups excluding carboxylic acids is 2. The predicted octanol–water partition coefficient (Wildman–Crippen LogP) is 5.10. The van der Waals surface area contributed by atoms with E-state index in [4.69, 9.17) is 4.74 Å². The summed E-state index contributed by atoms with van der Waals surface area (Å²) in [7, 11) is 0. The Kier molecular flexibility index (Phi) is 6.05. The van der Waals surface area contributed by atoms with Crippen LogP contribution in [0.3, 0.4) is 0 Å². The summed E-state index contributed by atoms with van der Waals surface area (Å²) in [5.74, 6) is 0.0567. The van der Waals surface area contributed by atoms with Gasteiger partial charge in [0.2, 0.25) is 0 Å². The second-order valence-electron chi connectivity index (χ2n) is 8.84. The summed E-state index contributed by atoms with van der Waals surface area (Å²) in [6, 6.07) is 12.2. The van der Waals surface area contributed by atoms with Crippen molar-refractivity contribution in [2.75, 3.05) is 18.1 Å². The van der Waals surface area contributed by atoms with Crippen LogP contribution in [0.4, 0.5) is 5.69 Å². The molecule has 0 saturated carbocycles. The van der Waals surface area contributed by atoms with Crippen molar-refractivity contribution in [1.82, 2.24) is 9.55 Å². The zero-order valence-electron chi connectivity index (χ0n) is 20.3. The topological polar surface area (TPSA) is 81.5 Å². The maximum Gasteiger partial charge on any atom is 0.265 e. The number of anilines is 1. The number of thiophene rings is 1. The monoisotopic (exact) mass is 499 g/mol. The van der Waals surface area contributed by atoms with Crippen molar-refractivity contribution in [3.05, 3.63) is 87.8 Å². The van der Waals surface area contributed by atoms with Crippen LogP contribution in [0.25, 0.3) is 21.3 Å². The third-order valence-electron chi connectivity index (χ3n) is 6.45. The fourth-order valence-electron chi connectivity index (χ4n) is 4.51. The molecule has 0 bridgehead atoms. The first-order chi connectivity index (χ1) is 17.3. The lowest BCUT2D eigenvalue weighted by Crippen LogP contribution is -2.39. The first kappa shape index (κ1) is 23.7. The lowest BCUT2D eigenvalue weighted by molar-refractivity contribution is -0.121. The number of aromatic nitrogens is 2. The van der Waals surface area contributed by atoms with Crippen LogP contribution in [0.1, 0.15) is 33.8 Å². The minimum atomic E-state index is -0.799. The van der Waals surface area contributed by atoms with Crippen LogP contribution >= 0.6 is 11.3 Å². The van der Waals surface area contributed by atoms with Gasteiger partial charge in [-0.2, -0.15) is 0 Å². The number of benzene rings is 2. The molecule has 4 aromatic rings. The molecule has 1 aliphatic rings. The number of aryl methyl sites for hydroxylation is 2. The highest BCUT2D eigenvalue weighted by molar-refractivity contribution is 7.19. The summed E-state index contributed by atoms with van der Waals surface area (Å²) in [6.07, 6.45) is 3.07. The molecule has 0 saturated heterocycles. The zero-order chi connectivity index (χ0) is 25.6. The SMILES string of the molecule is C=CCN1C(=O)COc2ccc(C(=O)C(C)n3cnc4sc(C)c(-c5ccc(C)cc5)c4c3=O)cc21. The van der Waals surface area contributed by atoms with Crippen molar-refractivity contribution in [1.29, 1.82) is 0 Å². The van der Waals surface area contributed by atoms with Crippen LogP contribution < -0.4 is 15.2 Å². The normalized spacial score (nSPS) is 13.9. The van der Waals surface area contributed by atoms with Crippen LogP contribution in [-0.4, -0.2) is 34.4 Å². The van der Waals surface area contributed by atoms with E-state index in [0.717, 1.165) is 21.6 Å². The fourth-order valence-corrected chi connectivity index (χ4v) is 5.51. The molecular weight excluding hydrogens is 474 g/mol. The average molecular weight is 500 g/mol. The molecule has 1 unspecified atom stereocenters. The number of amides is 1. The number of ether oxygens (including phenoxy) is 1. The minimum absolute atomic E-state index is 0.0605. The lowest BCUT2D eigenvalue weighted by Gasteiger charge is -2.29. The highest BCUT2D eigenvalue weighted by atomic mass is 32.1. The summed E-state index contributed by atoms with van der Waals surface area (Å²) in [5.41, 5.74) is 3.56. The number of hydrogen-bond acceptors (Lipinski definition) is 6. The Bertz CT molecular complexity index is 1580. The van der Waals surface area contributed by atoms with Gasteiger partial charge in [-0.25, -0.2) is 4.98 Å². The van der Waals surface area contributed by atoms with Crippen LogP contribution in [0, 0.1) is 13.8 Å². The van der Waals surface area contributed by atoms with Crippen molar-refractivity contribution in [3.63, 3.8) is 0 Å². The van der Waals surface area contributed by atoms with Gasteiger partial charge in [0.15, 0.2) is 12.4 Å². The first-order valence-corrected chi connectivity index (χ1v) is 12.4. The van der Waals surface area contributed by atoms with Gasteiger partial charge in [0.25, 0.3) is 11.5 Å². The van der Waals surface area contributed by atoms with Gasteiger partial charge in [-0.05, 0) is 44.5 Å². The standard InChI is InChI=1S/C28H25N3O4S/c1-5-12-30-21-13-20(10-11-22(21)35-14-23(30)32)26(33)17(3)31-15-29-27-25(28(31)34)24(18(4)36-27)19-8-6-16(2)7-9-19/h5-11,13,15,17H,1,12,14H2,2-4H3. The molecule has 7 nitrogen and oxygen atoms in total. The summed E-state index contributed by atoms with van der Waals surface area (Å²) >= 11 is 1.47. The Morgan fingerprint density at radius 1 is 1.19 bits per heavy atom. The van der Waals surface area contributed by atoms with Crippen molar-refractivity contribution >= 4 is 38.9 Å². The number of Topliss-reactive ketones (excluding diaryl/α,β-unsaturated/α-hetero) is 1. The van der Waals surface area contributed by atoms with Crippen molar-refractivity contribution in [2.24, 2.45) is 0 Å². The largest absolute Gasteiger partial charge is 0.482 e. The van der Waals surface area contributed by atoms with E-state index in [0.29, 0.717) is 33.8 Å². The first-order valence-electron chi connectivity index (χ1n) is 11.6. The van der Waals surface area contributed by atoms with E-state index in [1.165, 1.54) is 27.1 Å². The predicted molar refractivity (Wildman–Crippen MR) is 142 cm³/mol. The van der Waals surface area contributed by atoms with E-state index in [1.807, 2.05) is 38.1 Å². The van der Waals surface area contributed by atoms with Gasteiger partial charge in [-0.1, -0.05) is 35.9 Å². The molecule has 1 aliphatic heterocycles. The molecule has 0 radical (unpaired) electrons. The van der Waals surface area contributed by atoms with E-state index in [2.05, 4.69) is 11.6 Å². The van der Waals surface area contributed by atoms with Crippen molar-refractivity contribution < 1.29 is 14.3 Å². The van der Waals surface area contributed by atoms with Gasteiger partial charge >= 0.3 is 0 Å². The van der Waals surface area contributed by atoms with Crippen LogP contribution in [-0.2, 0) is 4.79 Å². The molecule has 2 aromatic heterocycles. The molecule has 1 amide bonds. The summed E-state index contributed by atoms with van der Waals surface area (Å²) in [5, 5.41) is 0.519. The molecule has 0 N–H and O–H groups in total. The average Bonchev–Trinajstić information content (AvgIpc) is 3.22. The van der Waals surface area contributed by atoms with Crippen LogP contribution in [0.15, 0.2) is 66.2 Å². The summed E-state index contributed by atoms with van der Waals surface area (Å²) in [6.45, 7) is 9.64. The van der Waals surface area contributed by atoms with E-state index < -0.39 is 6.04 Å². The molecule has 0 spiro atoms. The lowest BCUT2D eigenvalue weighted by atomic mass is 10.0. The Morgan fingerprint density at radius 3 is 2.67 bits per heavy atom. The summed E-state index contributed by atoms with van der Waals surface area (Å²) < 4.78 is 6.91. The molecule has 5 rings (SSSR count).